The molecule has 25 heavy (non-hydrogen) atoms. The molecule has 1 saturated carbocycles. The van der Waals surface area contributed by atoms with Crippen LogP contribution in [0.3, 0.4) is 0 Å². The number of aliphatic hydroxyl groups is 1. The van der Waals surface area contributed by atoms with Gasteiger partial charge in [0, 0.05) is 38.8 Å². The molecule has 2 N–H and O–H groups in total. The lowest BCUT2D eigenvalue weighted by molar-refractivity contribution is -0.144. The second kappa shape index (κ2) is 8.44. The van der Waals surface area contributed by atoms with Crippen LogP contribution in [0.1, 0.15) is 38.1 Å². The number of β-amino-alcohol motifs (C(OH)–C–C–N with tert-alkyl or cyclic N) is 1. The van der Waals surface area contributed by atoms with Gasteiger partial charge < -0.3 is 15.3 Å². The van der Waals surface area contributed by atoms with Gasteiger partial charge in [-0.25, -0.2) is 4.68 Å². The molecule has 1 aliphatic heterocycles. The van der Waals surface area contributed by atoms with E-state index in [1.54, 1.807) is 17.2 Å². The van der Waals surface area contributed by atoms with Crippen molar-refractivity contribution < 1.29 is 14.7 Å². The van der Waals surface area contributed by atoms with Gasteiger partial charge in [-0.1, -0.05) is 19.3 Å². The zero-order valence-corrected chi connectivity index (χ0v) is 14.6. The maximum Gasteiger partial charge on any atom is 0.315 e. The Morgan fingerprint density at radius 1 is 1.16 bits per heavy atom. The second-order valence-electron chi connectivity index (χ2n) is 6.76. The van der Waals surface area contributed by atoms with Crippen LogP contribution in [-0.2, 0) is 9.59 Å². The van der Waals surface area contributed by atoms with E-state index in [1.165, 1.54) is 19.3 Å². The average molecular weight is 349 g/mol. The van der Waals surface area contributed by atoms with Crippen molar-refractivity contribution in [3.63, 3.8) is 0 Å². The molecule has 0 atom stereocenters. The zero-order valence-electron chi connectivity index (χ0n) is 14.6. The number of hydrogen-bond donors (Lipinski definition) is 2. The Morgan fingerprint density at radius 3 is 2.56 bits per heavy atom. The summed E-state index contributed by atoms with van der Waals surface area (Å²) in [7, 11) is 0. The summed E-state index contributed by atoms with van der Waals surface area (Å²) in [5.74, 6) is -0.502. The molecule has 2 fully saturated rings. The van der Waals surface area contributed by atoms with Crippen LogP contribution in [0.25, 0.3) is 0 Å². The largest absolute Gasteiger partial charge is 0.395 e. The Kier molecular flexibility index (Phi) is 6.04. The lowest BCUT2D eigenvalue weighted by Gasteiger charge is -2.33. The third-order valence-electron chi connectivity index (χ3n) is 5.10. The Labute approximate surface area is 147 Å². The van der Waals surface area contributed by atoms with Crippen LogP contribution in [0.15, 0.2) is 12.3 Å². The summed E-state index contributed by atoms with van der Waals surface area (Å²) in [5, 5.41) is 16.0. The number of carbonyl (C=O) groups is 2. The molecule has 2 aliphatic rings. The summed E-state index contributed by atoms with van der Waals surface area (Å²) in [6.07, 6.45) is 7.39. The van der Waals surface area contributed by atoms with E-state index in [-0.39, 0.29) is 6.61 Å². The predicted octanol–water partition coefficient (Wildman–Crippen LogP) is 0.463. The molecule has 0 unspecified atom stereocenters. The van der Waals surface area contributed by atoms with Crippen molar-refractivity contribution in [3.8, 4) is 0 Å². The number of nitrogens with zero attached hydrogens (tertiary/aromatic N) is 4. The lowest BCUT2D eigenvalue weighted by atomic mass is 9.96. The number of amides is 2. The fourth-order valence-electron chi connectivity index (χ4n) is 3.66. The number of nitrogens with one attached hydrogen (secondary N) is 1. The van der Waals surface area contributed by atoms with Crippen molar-refractivity contribution in [2.75, 3.05) is 44.6 Å². The number of aliphatic hydroxyl groups excluding tert-OH is 1. The molecule has 1 aromatic rings. The van der Waals surface area contributed by atoms with E-state index >= 15 is 0 Å². The molecule has 3 rings (SSSR count). The molecule has 0 aromatic carbocycles. The van der Waals surface area contributed by atoms with E-state index in [0.29, 0.717) is 44.6 Å². The van der Waals surface area contributed by atoms with Crippen LogP contribution in [0.5, 0.6) is 0 Å². The van der Waals surface area contributed by atoms with Crippen LogP contribution >= 0.6 is 0 Å². The molecule has 1 aromatic heterocycles. The Morgan fingerprint density at radius 2 is 1.88 bits per heavy atom. The standard InChI is InChI=1S/C17H27N5O3/c23-13-12-20-8-10-21(11-9-20)17(25)16(24)19-15-6-7-18-22(15)14-4-2-1-3-5-14/h6-7,14,23H,1-5,8-13H2,(H,19,24). The normalized spacial score (nSPS) is 19.8. The molecule has 0 bridgehead atoms. The first-order chi connectivity index (χ1) is 12.2. The van der Waals surface area contributed by atoms with Gasteiger partial charge in [0.15, 0.2) is 0 Å². The van der Waals surface area contributed by atoms with Crippen LogP contribution in [0.2, 0.25) is 0 Å². The maximum absolute atomic E-state index is 12.4. The van der Waals surface area contributed by atoms with Crippen molar-refractivity contribution in [2.45, 2.75) is 38.1 Å². The first kappa shape index (κ1) is 17.9. The van der Waals surface area contributed by atoms with E-state index < -0.39 is 11.8 Å². The summed E-state index contributed by atoms with van der Waals surface area (Å²) < 4.78 is 1.85. The van der Waals surface area contributed by atoms with E-state index in [1.807, 2.05) is 4.68 Å². The van der Waals surface area contributed by atoms with Gasteiger partial charge in [-0.3, -0.25) is 14.5 Å². The van der Waals surface area contributed by atoms with Crippen LogP contribution in [0, 0.1) is 0 Å². The molecule has 1 saturated heterocycles. The molecule has 0 spiro atoms. The van der Waals surface area contributed by atoms with E-state index in [0.717, 1.165) is 12.8 Å². The topological polar surface area (TPSA) is 90.7 Å². The van der Waals surface area contributed by atoms with Gasteiger partial charge in [-0.2, -0.15) is 5.10 Å². The smallest absolute Gasteiger partial charge is 0.315 e. The molecule has 2 heterocycles. The highest BCUT2D eigenvalue weighted by molar-refractivity contribution is 6.39. The summed E-state index contributed by atoms with van der Waals surface area (Å²) in [5.41, 5.74) is 0. The van der Waals surface area contributed by atoms with Gasteiger partial charge in [0.1, 0.15) is 5.82 Å². The molecule has 138 valence electrons. The predicted molar refractivity (Wildman–Crippen MR) is 93.1 cm³/mol. The number of piperazine rings is 1. The first-order valence-electron chi connectivity index (χ1n) is 9.16. The number of hydrogen-bond acceptors (Lipinski definition) is 5. The van der Waals surface area contributed by atoms with Crippen LogP contribution in [-0.4, -0.2) is 75.8 Å². The van der Waals surface area contributed by atoms with Crippen molar-refractivity contribution in [2.24, 2.45) is 0 Å². The van der Waals surface area contributed by atoms with E-state index in [2.05, 4.69) is 15.3 Å². The average Bonchev–Trinajstić information content (AvgIpc) is 3.11. The van der Waals surface area contributed by atoms with Gasteiger partial charge >= 0.3 is 11.8 Å². The van der Waals surface area contributed by atoms with Gasteiger partial charge in [0.25, 0.3) is 0 Å². The van der Waals surface area contributed by atoms with E-state index in [4.69, 9.17) is 5.11 Å². The van der Waals surface area contributed by atoms with Gasteiger partial charge in [0.2, 0.25) is 0 Å². The molecule has 8 heteroatoms. The van der Waals surface area contributed by atoms with Crippen LogP contribution < -0.4 is 5.32 Å². The highest BCUT2D eigenvalue weighted by Crippen LogP contribution is 2.29. The Balaban J connectivity index is 1.56. The van der Waals surface area contributed by atoms with Crippen molar-refractivity contribution in [1.82, 2.24) is 19.6 Å². The van der Waals surface area contributed by atoms with E-state index in [9.17, 15) is 9.59 Å². The molecule has 1 aliphatic carbocycles. The zero-order chi connectivity index (χ0) is 17.6. The number of anilines is 1. The molecule has 0 radical (unpaired) electrons. The molecule has 2 amide bonds. The fraction of sp³-hybridized carbons (Fsp3) is 0.706. The molecular weight excluding hydrogens is 322 g/mol. The first-order valence-corrected chi connectivity index (χ1v) is 9.16. The summed E-state index contributed by atoms with van der Waals surface area (Å²) in [4.78, 5) is 28.4. The number of carbonyl (C=O) groups excluding carboxylic acids is 2. The minimum absolute atomic E-state index is 0.111. The lowest BCUT2D eigenvalue weighted by Crippen LogP contribution is -2.52. The van der Waals surface area contributed by atoms with Crippen molar-refractivity contribution in [1.29, 1.82) is 0 Å². The summed E-state index contributed by atoms with van der Waals surface area (Å²) in [6.45, 7) is 3.09. The van der Waals surface area contributed by atoms with Crippen molar-refractivity contribution >= 4 is 17.6 Å². The quantitative estimate of drug-likeness (QED) is 0.771. The molecule has 8 nitrogen and oxygen atoms in total. The van der Waals surface area contributed by atoms with Crippen LogP contribution in [0.4, 0.5) is 5.82 Å². The third-order valence-corrected chi connectivity index (χ3v) is 5.10. The highest BCUT2D eigenvalue weighted by atomic mass is 16.3. The summed E-state index contributed by atoms with van der Waals surface area (Å²) in [6, 6.07) is 2.05. The monoisotopic (exact) mass is 349 g/mol. The minimum Gasteiger partial charge on any atom is -0.395 e. The number of aromatic nitrogens is 2. The Hall–Kier alpha value is -1.93. The van der Waals surface area contributed by atoms with Gasteiger partial charge in [-0.05, 0) is 12.8 Å². The third kappa shape index (κ3) is 4.38. The van der Waals surface area contributed by atoms with Gasteiger partial charge in [-0.15, -0.1) is 0 Å². The highest BCUT2D eigenvalue weighted by Gasteiger charge is 2.27. The molecular formula is C17H27N5O3. The fourth-order valence-corrected chi connectivity index (χ4v) is 3.66. The Bertz CT molecular complexity index is 589. The number of rotatable bonds is 4. The minimum atomic E-state index is -0.604. The SMILES string of the molecule is O=C(Nc1ccnn1C1CCCCC1)C(=O)N1CCN(CCO)CC1. The van der Waals surface area contributed by atoms with Gasteiger partial charge in [0.05, 0.1) is 18.8 Å². The summed E-state index contributed by atoms with van der Waals surface area (Å²) >= 11 is 0. The second-order valence-corrected chi connectivity index (χ2v) is 6.76. The maximum atomic E-state index is 12.4. The van der Waals surface area contributed by atoms with Crippen molar-refractivity contribution in [3.05, 3.63) is 12.3 Å².